The van der Waals surface area contributed by atoms with Gasteiger partial charge in [0.1, 0.15) is 24.7 Å². The summed E-state index contributed by atoms with van der Waals surface area (Å²) in [4.78, 5) is 46.8. The van der Waals surface area contributed by atoms with Crippen LogP contribution in [0.1, 0.15) is 64.8 Å². The van der Waals surface area contributed by atoms with Crippen molar-refractivity contribution in [2.24, 2.45) is 5.41 Å². The van der Waals surface area contributed by atoms with Crippen LogP contribution in [0.25, 0.3) is 0 Å². The van der Waals surface area contributed by atoms with Crippen LogP contribution < -0.4 is 9.47 Å². The van der Waals surface area contributed by atoms with E-state index in [1.807, 2.05) is 0 Å². The lowest BCUT2D eigenvalue weighted by molar-refractivity contribution is -0.120. The van der Waals surface area contributed by atoms with E-state index in [-0.39, 0.29) is 44.9 Å². The smallest absolute Gasteiger partial charge is 0.337 e. The minimum atomic E-state index is -1.74. The van der Waals surface area contributed by atoms with Crippen LogP contribution in [0.3, 0.4) is 0 Å². The number of methoxy groups -OCH3 is 2. The van der Waals surface area contributed by atoms with E-state index in [1.165, 1.54) is 111 Å². The summed E-state index contributed by atoms with van der Waals surface area (Å²) < 4.78 is 21.7. The summed E-state index contributed by atoms with van der Waals surface area (Å²) >= 11 is 0. The van der Waals surface area contributed by atoms with Gasteiger partial charge in [0.25, 0.3) is 0 Å². The van der Waals surface area contributed by atoms with Gasteiger partial charge in [-0.3, -0.25) is 0 Å². The molecule has 4 aromatic rings. The van der Waals surface area contributed by atoms with Crippen molar-refractivity contribution in [3.63, 3.8) is 0 Å². The second kappa shape index (κ2) is 15.0. The molecule has 2 atom stereocenters. The highest BCUT2D eigenvalue weighted by molar-refractivity contribution is 5.90. The zero-order chi connectivity index (χ0) is 34.1. The lowest BCUT2D eigenvalue weighted by Gasteiger charge is -2.41. The van der Waals surface area contributed by atoms with E-state index < -0.39 is 54.7 Å². The first-order chi connectivity index (χ1) is 22.5. The van der Waals surface area contributed by atoms with Gasteiger partial charge >= 0.3 is 23.9 Å². The van der Waals surface area contributed by atoms with Crippen LogP contribution in [0.4, 0.5) is 0 Å². The molecule has 0 fully saturated rings. The van der Waals surface area contributed by atoms with Crippen molar-refractivity contribution in [1.29, 1.82) is 0 Å². The molecular formula is C35H32O12. The molecule has 0 aliphatic carbocycles. The number of carboxylic acids is 2. The third kappa shape index (κ3) is 7.93. The zero-order valence-corrected chi connectivity index (χ0v) is 25.4. The Morgan fingerprint density at radius 3 is 1.11 bits per heavy atom. The number of carboxylic acid groups (broad SMARTS) is 2. The van der Waals surface area contributed by atoms with Crippen LogP contribution in [0.2, 0.25) is 0 Å². The number of hydrogen-bond acceptors (Lipinski definition) is 10. The molecule has 0 spiro atoms. The second-order valence-electron chi connectivity index (χ2n) is 10.5. The molecule has 0 bridgehead atoms. The van der Waals surface area contributed by atoms with Crippen molar-refractivity contribution in [1.82, 2.24) is 0 Å². The van der Waals surface area contributed by atoms with Gasteiger partial charge in [-0.15, -0.1) is 0 Å². The van der Waals surface area contributed by atoms with E-state index in [0.29, 0.717) is 0 Å². The van der Waals surface area contributed by atoms with Crippen molar-refractivity contribution >= 4 is 23.9 Å². The minimum absolute atomic E-state index is 0.0275. The number of carbonyl (C=O) groups excluding carboxylic acids is 2. The van der Waals surface area contributed by atoms with Gasteiger partial charge in [-0.25, -0.2) is 19.2 Å². The van der Waals surface area contributed by atoms with E-state index in [4.69, 9.17) is 18.9 Å². The summed E-state index contributed by atoms with van der Waals surface area (Å²) in [5.41, 5.74) is -0.808. The monoisotopic (exact) mass is 644 g/mol. The van der Waals surface area contributed by atoms with Crippen molar-refractivity contribution in [2.45, 2.75) is 12.2 Å². The van der Waals surface area contributed by atoms with Crippen LogP contribution in [-0.2, 0) is 9.47 Å². The predicted octanol–water partition coefficient (Wildman–Crippen LogP) is 4.57. The van der Waals surface area contributed by atoms with E-state index >= 15 is 0 Å². The highest BCUT2D eigenvalue weighted by Gasteiger charge is 2.48. The topological polar surface area (TPSA) is 186 Å². The number of aliphatic hydroxyl groups excluding tert-OH is 2. The van der Waals surface area contributed by atoms with E-state index in [1.54, 1.807) is 0 Å². The number of aromatic carboxylic acids is 2. The number of ether oxygens (including phenoxy) is 4. The van der Waals surface area contributed by atoms with Crippen LogP contribution >= 0.6 is 0 Å². The Kier molecular flexibility index (Phi) is 10.9. The fraction of sp³-hybridized carbons (Fsp3) is 0.200. The summed E-state index contributed by atoms with van der Waals surface area (Å²) in [6.45, 7) is -0.789. The molecule has 0 radical (unpaired) electrons. The van der Waals surface area contributed by atoms with Gasteiger partial charge < -0.3 is 39.4 Å². The fourth-order valence-corrected chi connectivity index (χ4v) is 4.83. The van der Waals surface area contributed by atoms with Crippen molar-refractivity contribution in [3.05, 3.63) is 130 Å². The quantitative estimate of drug-likeness (QED) is 0.140. The van der Waals surface area contributed by atoms with Crippen molar-refractivity contribution in [3.8, 4) is 11.5 Å². The Hall–Kier alpha value is -5.72. The Bertz CT molecular complexity index is 1570. The average Bonchev–Trinajstić information content (AvgIpc) is 3.11. The lowest BCUT2D eigenvalue weighted by atomic mass is 9.72. The highest BCUT2D eigenvalue weighted by atomic mass is 16.5. The van der Waals surface area contributed by atoms with Gasteiger partial charge in [-0.2, -0.15) is 0 Å². The molecule has 0 saturated heterocycles. The molecule has 0 saturated carbocycles. The van der Waals surface area contributed by atoms with Gasteiger partial charge in [-0.1, -0.05) is 24.3 Å². The van der Waals surface area contributed by atoms with Crippen molar-refractivity contribution in [2.75, 3.05) is 27.4 Å². The number of aliphatic hydroxyl groups is 2. The SMILES string of the molecule is COC(=O)c1ccc(OCC(COc2ccc(C(=O)OC)cc2)(C(O)c2ccc(C(=O)O)cc2)C(O)c2ccc(C(=O)O)cc2)cc1. The Morgan fingerprint density at radius 2 is 0.830 bits per heavy atom. The van der Waals surface area contributed by atoms with Gasteiger partial charge in [0.2, 0.25) is 0 Å². The van der Waals surface area contributed by atoms with Gasteiger partial charge in [0.05, 0.1) is 54.1 Å². The molecule has 0 aliphatic heterocycles. The molecule has 47 heavy (non-hydrogen) atoms. The maximum absolute atomic E-state index is 12.0. The molecule has 4 aromatic carbocycles. The summed E-state index contributed by atoms with van der Waals surface area (Å²) in [6.07, 6.45) is -3.11. The molecule has 244 valence electrons. The van der Waals surface area contributed by atoms with Crippen LogP contribution in [0.5, 0.6) is 11.5 Å². The second-order valence-corrected chi connectivity index (χ2v) is 10.5. The molecule has 12 heteroatoms. The molecule has 0 amide bonds. The van der Waals surface area contributed by atoms with Gasteiger partial charge in [0, 0.05) is 0 Å². The maximum Gasteiger partial charge on any atom is 0.337 e. The molecule has 0 heterocycles. The first-order valence-corrected chi connectivity index (χ1v) is 14.1. The first-order valence-electron chi connectivity index (χ1n) is 14.1. The number of hydrogen-bond donors (Lipinski definition) is 4. The Balaban J connectivity index is 1.79. The predicted molar refractivity (Wildman–Crippen MR) is 166 cm³/mol. The number of carbonyl (C=O) groups is 4. The summed E-state index contributed by atoms with van der Waals surface area (Å²) in [5.74, 6) is -2.92. The van der Waals surface area contributed by atoms with Gasteiger partial charge in [-0.05, 0) is 83.9 Å². The average molecular weight is 645 g/mol. The highest BCUT2D eigenvalue weighted by Crippen LogP contribution is 2.46. The first kappa shape index (κ1) is 34.2. The van der Waals surface area contributed by atoms with Crippen LogP contribution in [0, 0.1) is 5.41 Å². The third-order valence-corrected chi connectivity index (χ3v) is 7.60. The fourth-order valence-electron chi connectivity index (χ4n) is 4.83. The van der Waals surface area contributed by atoms with Crippen LogP contribution in [0.15, 0.2) is 97.1 Å². The largest absolute Gasteiger partial charge is 0.493 e. The van der Waals surface area contributed by atoms with E-state index in [9.17, 15) is 39.6 Å². The molecule has 2 unspecified atom stereocenters. The molecule has 0 aliphatic rings. The van der Waals surface area contributed by atoms with Crippen LogP contribution in [-0.4, -0.2) is 71.7 Å². The third-order valence-electron chi connectivity index (χ3n) is 7.60. The summed E-state index contributed by atoms with van der Waals surface area (Å²) in [7, 11) is 2.50. The number of rotatable bonds is 14. The standard InChI is InChI=1S/C35H32O12/c1-44-33(42)25-11-15-27(16-12-25)46-19-35(29(36)21-3-7-23(8-4-21)31(38)39,30(37)22-5-9-24(10-6-22)32(40)41)20-47-28-17-13-26(14-18-28)34(43)45-2/h3-18,29-30,36-37H,19-20H2,1-2H3,(H,38,39)(H,40,41). The van der Waals surface area contributed by atoms with E-state index in [2.05, 4.69) is 0 Å². The maximum atomic E-state index is 12.0. The normalized spacial score (nSPS) is 12.3. The number of benzene rings is 4. The zero-order valence-electron chi connectivity index (χ0n) is 25.4. The van der Waals surface area contributed by atoms with E-state index in [0.717, 1.165) is 0 Å². The molecule has 4 N–H and O–H groups in total. The molecule has 12 nitrogen and oxygen atoms in total. The van der Waals surface area contributed by atoms with Crippen molar-refractivity contribution < 1.29 is 58.6 Å². The Labute approximate surface area is 269 Å². The minimum Gasteiger partial charge on any atom is -0.493 e. The Morgan fingerprint density at radius 1 is 0.532 bits per heavy atom. The summed E-state index contributed by atoms with van der Waals surface area (Å²) in [6, 6.07) is 22.8. The molecular weight excluding hydrogens is 612 g/mol. The molecule has 0 aromatic heterocycles. The van der Waals surface area contributed by atoms with Gasteiger partial charge in [0.15, 0.2) is 0 Å². The molecule has 4 rings (SSSR count). The lowest BCUT2D eigenvalue weighted by Crippen LogP contribution is -2.46. The number of esters is 2. The summed E-state index contributed by atoms with van der Waals surface area (Å²) in [5, 5.41) is 42.8.